The van der Waals surface area contributed by atoms with Gasteiger partial charge in [-0.15, -0.1) is 0 Å². The van der Waals surface area contributed by atoms with Gasteiger partial charge in [0.05, 0.1) is 6.04 Å². The van der Waals surface area contributed by atoms with Crippen LogP contribution in [-0.4, -0.2) is 29.3 Å². The molecule has 0 aromatic heterocycles. The summed E-state index contributed by atoms with van der Waals surface area (Å²) in [5.41, 5.74) is 3.23. The third-order valence-corrected chi connectivity index (χ3v) is 6.72. The van der Waals surface area contributed by atoms with E-state index >= 15 is 0 Å². The number of hydrogen-bond donors (Lipinski definition) is 2. The molecule has 2 atom stereocenters. The summed E-state index contributed by atoms with van der Waals surface area (Å²) in [5.74, 6) is -0.806. The van der Waals surface area contributed by atoms with Crippen LogP contribution >= 0.6 is 15.9 Å². The minimum Gasteiger partial charge on any atom is -0.348 e. The number of imide groups is 1. The van der Waals surface area contributed by atoms with E-state index in [4.69, 9.17) is 0 Å². The van der Waals surface area contributed by atoms with E-state index < -0.39 is 17.5 Å². The molecule has 2 aromatic rings. The second kappa shape index (κ2) is 8.46. The number of nitrogens with zero attached hydrogens (tertiary/aromatic N) is 1. The highest BCUT2D eigenvalue weighted by molar-refractivity contribution is 9.10. The minimum absolute atomic E-state index is 0.211. The third kappa shape index (κ3) is 4.24. The Hall–Kier alpha value is -2.67. The first-order valence-corrected chi connectivity index (χ1v) is 11.4. The molecule has 1 aliphatic heterocycles. The summed E-state index contributed by atoms with van der Waals surface area (Å²) in [6.07, 6.45) is 4.60. The lowest BCUT2D eigenvalue weighted by atomic mass is 9.89. The van der Waals surface area contributed by atoms with Gasteiger partial charge in [0.1, 0.15) is 12.1 Å². The van der Waals surface area contributed by atoms with Gasteiger partial charge in [-0.1, -0.05) is 46.3 Å². The average molecular weight is 484 g/mol. The molecule has 0 unspecified atom stereocenters. The number of urea groups is 1. The van der Waals surface area contributed by atoms with Gasteiger partial charge in [0.2, 0.25) is 5.91 Å². The Morgan fingerprint density at radius 2 is 1.90 bits per heavy atom. The first kappa shape index (κ1) is 21.6. The molecule has 0 saturated carbocycles. The average Bonchev–Trinajstić information content (AvgIpc) is 2.97. The summed E-state index contributed by atoms with van der Waals surface area (Å²) in [7, 11) is 0. The van der Waals surface area contributed by atoms with Gasteiger partial charge in [0.25, 0.3) is 5.91 Å². The highest BCUT2D eigenvalue weighted by Crippen LogP contribution is 2.30. The zero-order valence-electron chi connectivity index (χ0n) is 17.7. The minimum atomic E-state index is -1.20. The van der Waals surface area contributed by atoms with E-state index in [2.05, 4.69) is 38.7 Å². The second-order valence-electron chi connectivity index (χ2n) is 8.48. The molecule has 1 saturated heterocycles. The van der Waals surface area contributed by atoms with Crippen molar-refractivity contribution in [3.63, 3.8) is 0 Å². The number of aryl methyl sites for hydroxylation is 2. The van der Waals surface area contributed by atoms with Crippen LogP contribution < -0.4 is 10.6 Å². The van der Waals surface area contributed by atoms with Crippen LogP contribution in [0.4, 0.5) is 4.79 Å². The third-order valence-electron chi connectivity index (χ3n) is 6.23. The summed E-state index contributed by atoms with van der Waals surface area (Å²) in [4.78, 5) is 39.2. The Morgan fingerprint density at radius 1 is 1.16 bits per heavy atom. The van der Waals surface area contributed by atoms with Crippen LogP contribution in [0.3, 0.4) is 0 Å². The predicted octanol–water partition coefficient (Wildman–Crippen LogP) is 3.97. The summed E-state index contributed by atoms with van der Waals surface area (Å²) in [5, 5.41) is 5.66. The predicted molar refractivity (Wildman–Crippen MR) is 121 cm³/mol. The van der Waals surface area contributed by atoms with Crippen LogP contribution in [-0.2, 0) is 28.0 Å². The molecule has 4 rings (SSSR count). The first-order valence-electron chi connectivity index (χ1n) is 10.6. The van der Waals surface area contributed by atoms with Gasteiger partial charge >= 0.3 is 6.03 Å². The molecular weight excluding hydrogens is 458 g/mol. The normalized spacial score (nSPS) is 21.5. The fourth-order valence-corrected chi connectivity index (χ4v) is 4.77. The van der Waals surface area contributed by atoms with Gasteiger partial charge in [0.15, 0.2) is 0 Å². The van der Waals surface area contributed by atoms with Gasteiger partial charge in [-0.25, -0.2) is 4.79 Å². The molecule has 4 amide bonds. The van der Waals surface area contributed by atoms with Gasteiger partial charge in [-0.2, -0.15) is 0 Å². The standard InChI is InChI=1S/C24H26BrN3O3/c1-15(17-11-10-16-6-3-4-7-18(16)12-17)26-21(29)14-28-22(30)24(2,27-23(28)31)19-8-5-9-20(25)13-19/h5,8-13,15H,3-4,6-7,14H2,1-2H3,(H,26,29)(H,27,31)/t15-,24+/m1/s1. The Balaban J connectivity index is 1.43. The van der Waals surface area contributed by atoms with E-state index in [0.717, 1.165) is 27.8 Å². The lowest BCUT2D eigenvalue weighted by molar-refractivity contribution is -0.135. The summed E-state index contributed by atoms with van der Waals surface area (Å²) in [6.45, 7) is 3.26. The maximum absolute atomic E-state index is 13.0. The highest BCUT2D eigenvalue weighted by atomic mass is 79.9. The number of hydrogen-bond acceptors (Lipinski definition) is 3. The number of rotatable bonds is 5. The van der Waals surface area contributed by atoms with Crippen molar-refractivity contribution in [2.45, 2.75) is 51.1 Å². The van der Waals surface area contributed by atoms with Crippen molar-refractivity contribution < 1.29 is 14.4 Å². The molecule has 0 spiro atoms. The van der Waals surface area contributed by atoms with Gasteiger partial charge in [-0.3, -0.25) is 14.5 Å². The molecule has 7 heteroatoms. The van der Waals surface area contributed by atoms with Gasteiger partial charge in [-0.05, 0) is 73.9 Å². The summed E-state index contributed by atoms with van der Waals surface area (Å²) >= 11 is 3.39. The van der Waals surface area contributed by atoms with Crippen molar-refractivity contribution in [3.8, 4) is 0 Å². The van der Waals surface area contributed by atoms with Crippen molar-refractivity contribution in [2.24, 2.45) is 0 Å². The molecule has 1 heterocycles. The number of nitrogens with one attached hydrogen (secondary N) is 2. The lowest BCUT2D eigenvalue weighted by Gasteiger charge is -2.23. The van der Waals surface area contributed by atoms with Crippen molar-refractivity contribution in [1.82, 2.24) is 15.5 Å². The van der Waals surface area contributed by atoms with Crippen LogP contribution in [0.5, 0.6) is 0 Å². The van der Waals surface area contributed by atoms with E-state index in [1.54, 1.807) is 25.1 Å². The Morgan fingerprint density at radius 3 is 2.65 bits per heavy atom. The van der Waals surface area contributed by atoms with Gasteiger partial charge < -0.3 is 10.6 Å². The highest BCUT2D eigenvalue weighted by Gasteiger charge is 2.49. The number of carbonyl (C=O) groups is 3. The molecular formula is C24H26BrN3O3. The van der Waals surface area contributed by atoms with Crippen LogP contribution in [0.15, 0.2) is 46.9 Å². The molecule has 1 fully saturated rings. The SMILES string of the molecule is C[C@@H](NC(=O)CN1C(=O)N[C@@](C)(c2cccc(Br)c2)C1=O)c1ccc2c(c1)CCCC2. The zero-order chi connectivity index (χ0) is 22.2. The largest absolute Gasteiger partial charge is 0.348 e. The Kier molecular flexibility index (Phi) is 5.88. The van der Waals surface area contributed by atoms with Crippen molar-refractivity contribution in [3.05, 3.63) is 69.2 Å². The fraction of sp³-hybridized carbons (Fsp3) is 0.375. The Labute approximate surface area is 190 Å². The monoisotopic (exact) mass is 483 g/mol. The molecule has 31 heavy (non-hydrogen) atoms. The van der Waals surface area contributed by atoms with E-state index in [1.165, 1.54) is 24.0 Å². The maximum Gasteiger partial charge on any atom is 0.325 e. The number of carbonyl (C=O) groups excluding carboxylic acids is 3. The number of amides is 4. The van der Waals surface area contributed by atoms with Crippen LogP contribution in [0.1, 0.15) is 55.0 Å². The smallest absolute Gasteiger partial charge is 0.325 e. The van der Waals surface area contributed by atoms with E-state index in [-0.39, 0.29) is 18.5 Å². The lowest BCUT2D eigenvalue weighted by Crippen LogP contribution is -2.43. The second-order valence-corrected chi connectivity index (χ2v) is 9.40. The summed E-state index contributed by atoms with van der Waals surface area (Å²) in [6, 6.07) is 12.8. The summed E-state index contributed by atoms with van der Waals surface area (Å²) < 4.78 is 0.809. The van der Waals surface area contributed by atoms with Crippen LogP contribution in [0, 0.1) is 0 Å². The van der Waals surface area contributed by atoms with E-state index in [9.17, 15) is 14.4 Å². The quantitative estimate of drug-likeness (QED) is 0.631. The van der Waals surface area contributed by atoms with E-state index in [0.29, 0.717) is 5.56 Å². The molecule has 1 aliphatic carbocycles. The van der Waals surface area contributed by atoms with Crippen LogP contribution in [0.2, 0.25) is 0 Å². The fourth-order valence-electron chi connectivity index (χ4n) is 4.37. The molecule has 2 N–H and O–H groups in total. The maximum atomic E-state index is 13.0. The van der Waals surface area contributed by atoms with Crippen molar-refractivity contribution >= 4 is 33.8 Å². The zero-order valence-corrected chi connectivity index (χ0v) is 19.3. The molecule has 2 aromatic carbocycles. The molecule has 162 valence electrons. The van der Waals surface area contributed by atoms with Crippen molar-refractivity contribution in [2.75, 3.05) is 6.54 Å². The first-order chi connectivity index (χ1) is 14.8. The number of halogens is 1. The number of benzene rings is 2. The topological polar surface area (TPSA) is 78.5 Å². The molecule has 0 bridgehead atoms. The van der Waals surface area contributed by atoms with E-state index in [1.807, 2.05) is 19.1 Å². The number of fused-ring (bicyclic) bond motifs is 1. The molecule has 6 nitrogen and oxygen atoms in total. The molecule has 2 aliphatic rings. The van der Waals surface area contributed by atoms with Crippen LogP contribution in [0.25, 0.3) is 0 Å². The Bertz CT molecular complexity index is 1050. The van der Waals surface area contributed by atoms with Gasteiger partial charge in [0, 0.05) is 4.47 Å². The molecule has 0 radical (unpaired) electrons. The van der Waals surface area contributed by atoms with Crippen molar-refractivity contribution in [1.29, 1.82) is 0 Å².